The first-order chi connectivity index (χ1) is 10.3. The van der Waals surface area contributed by atoms with Crippen LogP contribution in [0.3, 0.4) is 0 Å². The molecule has 3 heteroatoms. The van der Waals surface area contributed by atoms with Gasteiger partial charge in [0.2, 0.25) is 0 Å². The van der Waals surface area contributed by atoms with E-state index in [9.17, 15) is 0 Å². The smallest absolute Gasteiger partial charge is 0.0673 e. The third kappa shape index (κ3) is 3.73. The fourth-order valence-electron chi connectivity index (χ4n) is 2.31. The highest BCUT2D eigenvalue weighted by molar-refractivity contribution is 7.10. The van der Waals surface area contributed by atoms with Crippen LogP contribution in [0.25, 0.3) is 0 Å². The third-order valence-corrected chi connectivity index (χ3v) is 4.57. The molecule has 3 aromatic rings. The minimum Gasteiger partial charge on any atom is -0.301 e. The molecule has 1 unspecified atom stereocenters. The van der Waals surface area contributed by atoms with Crippen LogP contribution in [0.2, 0.25) is 5.02 Å². The van der Waals surface area contributed by atoms with Crippen molar-refractivity contribution in [1.82, 2.24) is 5.32 Å². The Balaban J connectivity index is 1.78. The molecule has 0 aliphatic heterocycles. The van der Waals surface area contributed by atoms with Crippen molar-refractivity contribution in [3.8, 4) is 0 Å². The molecule has 3 rings (SSSR count). The summed E-state index contributed by atoms with van der Waals surface area (Å²) >= 11 is 7.71. The summed E-state index contributed by atoms with van der Waals surface area (Å²) < 4.78 is 0. The van der Waals surface area contributed by atoms with E-state index in [1.54, 1.807) is 11.3 Å². The zero-order valence-corrected chi connectivity index (χ0v) is 13.1. The van der Waals surface area contributed by atoms with E-state index in [0.717, 1.165) is 11.6 Å². The van der Waals surface area contributed by atoms with Crippen LogP contribution in [-0.4, -0.2) is 0 Å². The largest absolute Gasteiger partial charge is 0.301 e. The Morgan fingerprint density at radius 2 is 1.67 bits per heavy atom. The van der Waals surface area contributed by atoms with Crippen LogP contribution in [0, 0.1) is 0 Å². The molecule has 1 atom stereocenters. The Morgan fingerprint density at radius 1 is 0.905 bits per heavy atom. The predicted octanol–water partition coefficient (Wildman–Crippen LogP) is 5.28. The maximum atomic E-state index is 5.93. The molecule has 0 amide bonds. The lowest BCUT2D eigenvalue weighted by atomic mass is 10.0. The molecule has 21 heavy (non-hydrogen) atoms. The number of hydrogen-bond donors (Lipinski definition) is 1. The molecule has 1 N–H and O–H groups in total. The van der Waals surface area contributed by atoms with Gasteiger partial charge in [0.05, 0.1) is 6.04 Å². The van der Waals surface area contributed by atoms with E-state index in [2.05, 4.69) is 59.2 Å². The maximum absolute atomic E-state index is 5.93. The van der Waals surface area contributed by atoms with Gasteiger partial charge in [0, 0.05) is 16.4 Å². The number of rotatable bonds is 5. The summed E-state index contributed by atoms with van der Waals surface area (Å²) in [6, 6.07) is 23.0. The zero-order chi connectivity index (χ0) is 14.5. The van der Waals surface area contributed by atoms with E-state index in [-0.39, 0.29) is 6.04 Å². The van der Waals surface area contributed by atoms with Crippen LogP contribution in [0.1, 0.15) is 22.0 Å². The van der Waals surface area contributed by atoms with E-state index < -0.39 is 0 Å². The second-order valence-electron chi connectivity index (χ2n) is 4.87. The molecule has 1 aromatic heterocycles. The topological polar surface area (TPSA) is 12.0 Å². The van der Waals surface area contributed by atoms with Crippen molar-refractivity contribution in [1.29, 1.82) is 0 Å². The summed E-state index contributed by atoms with van der Waals surface area (Å²) in [5, 5.41) is 6.54. The highest BCUT2D eigenvalue weighted by Crippen LogP contribution is 2.26. The maximum Gasteiger partial charge on any atom is 0.0673 e. The molecular weight excluding hydrogens is 298 g/mol. The van der Waals surface area contributed by atoms with Gasteiger partial charge in [0.25, 0.3) is 0 Å². The van der Waals surface area contributed by atoms with Gasteiger partial charge < -0.3 is 5.32 Å². The molecule has 1 heterocycles. The molecule has 0 radical (unpaired) electrons. The number of hydrogen-bond acceptors (Lipinski definition) is 2. The average Bonchev–Trinajstić information content (AvgIpc) is 3.05. The van der Waals surface area contributed by atoms with Crippen LogP contribution in [0.5, 0.6) is 0 Å². The van der Waals surface area contributed by atoms with Gasteiger partial charge in [-0.3, -0.25) is 0 Å². The average molecular weight is 314 g/mol. The van der Waals surface area contributed by atoms with Crippen molar-refractivity contribution < 1.29 is 0 Å². The fraction of sp³-hybridized carbons (Fsp3) is 0.111. The number of thiophene rings is 1. The lowest BCUT2D eigenvalue weighted by Gasteiger charge is -2.18. The first kappa shape index (κ1) is 14.3. The van der Waals surface area contributed by atoms with E-state index in [1.807, 2.05) is 18.2 Å². The Kier molecular flexibility index (Phi) is 4.71. The fourth-order valence-corrected chi connectivity index (χ4v) is 3.26. The number of nitrogens with one attached hydrogen (secondary N) is 1. The predicted molar refractivity (Wildman–Crippen MR) is 90.9 cm³/mol. The van der Waals surface area contributed by atoms with Crippen LogP contribution in [0.4, 0.5) is 0 Å². The normalized spacial score (nSPS) is 12.2. The Morgan fingerprint density at radius 3 is 2.33 bits per heavy atom. The van der Waals surface area contributed by atoms with Gasteiger partial charge in [-0.1, -0.05) is 60.1 Å². The standard InChI is InChI=1S/C18H16ClNS/c19-16-10-8-14(9-11-16)13-20-18(17-7-4-12-21-17)15-5-2-1-3-6-15/h1-12,18,20H,13H2. The van der Waals surface area contributed by atoms with Crippen molar-refractivity contribution in [3.05, 3.63) is 93.1 Å². The highest BCUT2D eigenvalue weighted by Gasteiger charge is 2.14. The van der Waals surface area contributed by atoms with Crippen molar-refractivity contribution >= 4 is 22.9 Å². The second kappa shape index (κ2) is 6.90. The molecular formula is C18H16ClNS. The molecule has 1 nitrogen and oxygen atoms in total. The van der Waals surface area contributed by atoms with Gasteiger partial charge in [0.1, 0.15) is 0 Å². The number of benzene rings is 2. The monoisotopic (exact) mass is 313 g/mol. The summed E-state index contributed by atoms with van der Waals surface area (Å²) in [7, 11) is 0. The molecule has 0 aliphatic rings. The second-order valence-corrected chi connectivity index (χ2v) is 6.28. The summed E-state index contributed by atoms with van der Waals surface area (Å²) in [6.45, 7) is 0.814. The summed E-state index contributed by atoms with van der Waals surface area (Å²) in [6.07, 6.45) is 0. The third-order valence-electron chi connectivity index (χ3n) is 3.38. The summed E-state index contributed by atoms with van der Waals surface area (Å²) in [5.41, 5.74) is 2.52. The van der Waals surface area contributed by atoms with Crippen LogP contribution in [-0.2, 0) is 6.54 Å². The van der Waals surface area contributed by atoms with Crippen molar-refractivity contribution in [2.24, 2.45) is 0 Å². The lowest BCUT2D eigenvalue weighted by molar-refractivity contribution is 0.613. The molecule has 0 saturated heterocycles. The van der Waals surface area contributed by atoms with E-state index in [4.69, 9.17) is 11.6 Å². The molecule has 0 bridgehead atoms. The lowest BCUT2D eigenvalue weighted by Crippen LogP contribution is -2.21. The van der Waals surface area contributed by atoms with Gasteiger partial charge in [-0.15, -0.1) is 11.3 Å². The molecule has 0 saturated carbocycles. The van der Waals surface area contributed by atoms with Crippen molar-refractivity contribution in [2.75, 3.05) is 0 Å². The molecule has 0 spiro atoms. The van der Waals surface area contributed by atoms with Gasteiger partial charge >= 0.3 is 0 Å². The van der Waals surface area contributed by atoms with Crippen LogP contribution >= 0.6 is 22.9 Å². The van der Waals surface area contributed by atoms with Crippen molar-refractivity contribution in [2.45, 2.75) is 12.6 Å². The number of halogens is 1. The summed E-state index contributed by atoms with van der Waals surface area (Å²) in [5.74, 6) is 0. The van der Waals surface area contributed by atoms with Gasteiger partial charge in [-0.25, -0.2) is 0 Å². The highest BCUT2D eigenvalue weighted by atomic mass is 35.5. The van der Waals surface area contributed by atoms with Crippen LogP contribution < -0.4 is 5.32 Å². The summed E-state index contributed by atoms with van der Waals surface area (Å²) in [4.78, 5) is 1.33. The van der Waals surface area contributed by atoms with E-state index in [1.165, 1.54) is 16.0 Å². The minimum atomic E-state index is 0.224. The molecule has 0 aliphatic carbocycles. The van der Waals surface area contributed by atoms with Gasteiger partial charge in [0.15, 0.2) is 0 Å². The Hall–Kier alpha value is -1.61. The Bertz CT molecular complexity index is 662. The van der Waals surface area contributed by atoms with E-state index in [0.29, 0.717) is 0 Å². The quantitative estimate of drug-likeness (QED) is 0.675. The first-order valence-corrected chi connectivity index (χ1v) is 8.15. The van der Waals surface area contributed by atoms with Gasteiger partial charge in [-0.05, 0) is 34.7 Å². The first-order valence-electron chi connectivity index (χ1n) is 6.89. The van der Waals surface area contributed by atoms with E-state index >= 15 is 0 Å². The SMILES string of the molecule is Clc1ccc(CNC(c2ccccc2)c2cccs2)cc1. The van der Waals surface area contributed by atoms with Gasteiger partial charge in [-0.2, -0.15) is 0 Å². The zero-order valence-electron chi connectivity index (χ0n) is 11.5. The minimum absolute atomic E-state index is 0.224. The van der Waals surface area contributed by atoms with Crippen LogP contribution in [0.15, 0.2) is 72.1 Å². The molecule has 0 fully saturated rings. The molecule has 2 aromatic carbocycles. The Labute approximate surface area is 134 Å². The molecule has 106 valence electrons. The van der Waals surface area contributed by atoms with Crippen molar-refractivity contribution in [3.63, 3.8) is 0 Å².